The van der Waals surface area contributed by atoms with Crippen LogP contribution in [0.3, 0.4) is 0 Å². The van der Waals surface area contributed by atoms with Crippen molar-refractivity contribution < 1.29 is 4.74 Å². The van der Waals surface area contributed by atoms with Gasteiger partial charge in [0.05, 0.1) is 17.0 Å². The molecular weight excluding hydrogens is 258 g/mol. The third-order valence-corrected chi connectivity index (χ3v) is 4.32. The molecule has 102 valence electrons. The number of ether oxygens (including phenoxy) is 1. The van der Waals surface area contributed by atoms with Crippen molar-refractivity contribution in [3.63, 3.8) is 0 Å². The SMILES string of the molecule is CCC1CCC(C#N)C(Oc2cc(C)ccc2Cl)C1. The molecule has 3 atom stereocenters. The standard InChI is InChI=1S/C16H20ClNO/c1-3-12-5-6-13(10-18)15(9-12)19-16-8-11(2)4-7-14(16)17/h4,7-8,12-13,15H,3,5-6,9H2,1-2H3. The number of rotatable bonds is 3. The summed E-state index contributed by atoms with van der Waals surface area (Å²) in [5, 5.41) is 9.89. The summed E-state index contributed by atoms with van der Waals surface area (Å²) in [6.45, 7) is 4.22. The summed E-state index contributed by atoms with van der Waals surface area (Å²) in [7, 11) is 0. The second-order valence-corrected chi connectivity index (χ2v) is 5.82. The minimum Gasteiger partial charge on any atom is -0.487 e. The highest BCUT2D eigenvalue weighted by Crippen LogP contribution is 2.35. The summed E-state index contributed by atoms with van der Waals surface area (Å²) in [4.78, 5) is 0. The molecule has 1 aromatic rings. The van der Waals surface area contributed by atoms with E-state index in [1.165, 1.54) is 0 Å². The number of aryl methyl sites for hydroxylation is 1. The lowest BCUT2D eigenvalue weighted by molar-refractivity contribution is 0.0893. The van der Waals surface area contributed by atoms with Gasteiger partial charge in [-0.05, 0) is 49.8 Å². The second kappa shape index (κ2) is 6.30. The van der Waals surface area contributed by atoms with Crippen LogP contribution in [0.2, 0.25) is 5.02 Å². The van der Waals surface area contributed by atoms with Gasteiger partial charge in [0.25, 0.3) is 0 Å². The normalized spacial score (nSPS) is 26.7. The van der Waals surface area contributed by atoms with Crippen molar-refractivity contribution in [1.82, 2.24) is 0 Å². The van der Waals surface area contributed by atoms with Gasteiger partial charge >= 0.3 is 0 Å². The highest BCUT2D eigenvalue weighted by atomic mass is 35.5. The molecule has 3 unspecified atom stereocenters. The van der Waals surface area contributed by atoms with Crippen LogP contribution in [0.1, 0.15) is 38.2 Å². The van der Waals surface area contributed by atoms with Gasteiger partial charge < -0.3 is 4.74 Å². The van der Waals surface area contributed by atoms with Gasteiger partial charge in [0.2, 0.25) is 0 Å². The molecule has 1 aliphatic carbocycles. The zero-order valence-electron chi connectivity index (χ0n) is 11.5. The monoisotopic (exact) mass is 277 g/mol. The molecule has 0 heterocycles. The average molecular weight is 278 g/mol. The lowest BCUT2D eigenvalue weighted by Gasteiger charge is -2.32. The Morgan fingerprint density at radius 3 is 2.89 bits per heavy atom. The largest absolute Gasteiger partial charge is 0.487 e. The molecule has 3 heteroatoms. The van der Waals surface area contributed by atoms with Crippen LogP contribution in [0, 0.1) is 30.1 Å². The van der Waals surface area contributed by atoms with Crippen molar-refractivity contribution in [2.75, 3.05) is 0 Å². The summed E-state index contributed by atoms with van der Waals surface area (Å²) >= 11 is 6.17. The van der Waals surface area contributed by atoms with Gasteiger partial charge in [0.1, 0.15) is 11.9 Å². The van der Waals surface area contributed by atoms with Crippen molar-refractivity contribution in [1.29, 1.82) is 5.26 Å². The Morgan fingerprint density at radius 1 is 1.42 bits per heavy atom. The van der Waals surface area contributed by atoms with Gasteiger partial charge in [-0.25, -0.2) is 0 Å². The van der Waals surface area contributed by atoms with Crippen LogP contribution in [0.5, 0.6) is 5.75 Å². The summed E-state index contributed by atoms with van der Waals surface area (Å²) in [6.07, 6.45) is 4.15. The van der Waals surface area contributed by atoms with E-state index in [1.807, 2.05) is 25.1 Å². The van der Waals surface area contributed by atoms with Gasteiger partial charge in [-0.3, -0.25) is 0 Å². The van der Waals surface area contributed by atoms with E-state index in [0.717, 1.165) is 31.2 Å². The molecule has 2 nitrogen and oxygen atoms in total. The van der Waals surface area contributed by atoms with Crippen molar-refractivity contribution in [2.45, 2.75) is 45.6 Å². The third-order valence-electron chi connectivity index (χ3n) is 4.01. The van der Waals surface area contributed by atoms with Gasteiger partial charge in [0.15, 0.2) is 0 Å². The van der Waals surface area contributed by atoms with E-state index in [4.69, 9.17) is 16.3 Å². The molecule has 1 aliphatic rings. The Labute approximate surface area is 120 Å². The maximum absolute atomic E-state index is 9.26. The molecular formula is C16H20ClNO. The molecule has 0 aliphatic heterocycles. The summed E-state index contributed by atoms with van der Waals surface area (Å²) in [6, 6.07) is 8.16. The first-order valence-corrected chi connectivity index (χ1v) is 7.34. The molecule has 0 aromatic heterocycles. The van der Waals surface area contributed by atoms with E-state index in [1.54, 1.807) is 0 Å². The Morgan fingerprint density at radius 2 is 2.21 bits per heavy atom. The minimum atomic E-state index is -0.0250. The highest BCUT2D eigenvalue weighted by Gasteiger charge is 2.31. The first-order chi connectivity index (χ1) is 9.13. The van der Waals surface area contributed by atoms with Gasteiger partial charge in [0, 0.05) is 0 Å². The highest BCUT2D eigenvalue weighted by molar-refractivity contribution is 6.32. The smallest absolute Gasteiger partial charge is 0.138 e. The molecule has 0 bridgehead atoms. The third kappa shape index (κ3) is 3.42. The minimum absolute atomic E-state index is 0.0145. The number of hydrogen-bond donors (Lipinski definition) is 0. The molecule has 1 fully saturated rings. The van der Waals surface area contributed by atoms with E-state index in [-0.39, 0.29) is 12.0 Å². The summed E-state index contributed by atoms with van der Waals surface area (Å²) in [5.74, 6) is 1.36. The second-order valence-electron chi connectivity index (χ2n) is 5.41. The molecule has 1 aromatic carbocycles. The van der Waals surface area contributed by atoms with Crippen molar-refractivity contribution in [2.24, 2.45) is 11.8 Å². The molecule has 0 N–H and O–H groups in total. The molecule has 19 heavy (non-hydrogen) atoms. The van der Waals surface area contributed by atoms with Crippen molar-refractivity contribution in [3.05, 3.63) is 28.8 Å². The van der Waals surface area contributed by atoms with Crippen LogP contribution in [0.25, 0.3) is 0 Å². The number of nitriles is 1. The first-order valence-electron chi connectivity index (χ1n) is 6.96. The molecule has 0 spiro atoms. The van der Waals surface area contributed by atoms with Crippen molar-refractivity contribution in [3.8, 4) is 11.8 Å². The maximum atomic E-state index is 9.26. The van der Waals surface area contributed by atoms with Crippen LogP contribution in [-0.2, 0) is 0 Å². The number of halogens is 1. The van der Waals surface area contributed by atoms with Crippen LogP contribution in [0.15, 0.2) is 18.2 Å². The lowest BCUT2D eigenvalue weighted by Crippen LogP contribution is -2.33. The first kappa shape index (κ1) is 14.2. The predicted molar refractivity (Wildman–Crippen MR) is 77.3 cm³/mol. The van der Waals surface area contributed by atoms with E-state index in [0.29, 0.717) is 16.7 Å². The van der Waals surface area contributed by atoms with Crippen LogP contribution in [-0.4, -0.2) is 6.10 Å². The molecule has 0 radical (unpaired) electrons. The Balaban J connectivity index is 2.14. The Bertz CT molecular complexity index is 480. The summed E-state index contributed by atoms with van der Waals surface area (Å²) < 4.78 is 6.05. The molecule has 2 rings (SSSR count). The fourth-order valence-electron chi connectivity index (χ4n) is 2.72. The topological polar surface area (TPSA) is 33.0 Å². The number of hydrogen-bond acceptors (Lipinski definition) is 2. The molecule has 1 saturated carbocycles. The Kier molecular flexibility index (Phi) is 4.71. The van der Waals surface area contributed by atoms with E-state index in [2.05, 4.69) is 13.0 Å². The van der Waals surface area contributed by atoms with E-state index < -0.39 is 0 Å². The van der Waals surface area contributed by atoms with Crippen LogP contribution >= 0.6 is 11.6 Å². The fourth-order valence-corrected chi connectivity index (χ4v) is 2.89. The number of nitrogens with zero attached hydrogens (tertiary/aromatic N) is 1. The maximum Gasteiger partial charge on any atom is 0.138 e. The van der Waals surface area contributed by atoms with Crippen LogP contribution in [0.4, 0.5) is 0 Å². The van der Waals surface area contributed by atoms with Crippen molar-refractivity contribution >= 4 is 11.6 Å². The van der Waals surface area contributed by atoms with Gasteiger partial charge in [-0.2, -0.15) is 5.26 Å². The molecule has 0 amide bonds. The summed E-state index contributed by atoms with van der Waals surface area (Å²) in [5.41, 5.74) is 1.12. The fraction of sp³-hybridized carbons (Fsp3) is 0.562. The predicted octanol–water partition coefficient (Wildman–Crippen LogP) is 4.75. The van der Waals surface area contributed by atoms with E-state index >= 15 is 0 Å². The van der Waals surface area contributed by atoms with Gasteiger partial charge in [-0.15, -0.1) is 0 Å². The van der Waals surface area contributed by atoms with Crippen LogP contribution < -0.4 is 4.74 Å². The van der Waals surface area contributed by atoms with E-state index in [9.17, 15) is 5.26 Å². The Hall–Kier alpha value is -1.20. The zero-order chi connectivity index (χ0) is 13.8. The zero-order valence-corrected chi connectivity index (χ0v) is 12.3. The quantitative estimate of drug-likeness (QED) is 0.799. The molecule has 0 saturated heterocycles. The lowest BCUT2D eigenvalue weighted by atomic mass is 9.79. The average Bonchev–Trinajstić information content (AvgIpc) is 2.42. The number of benzene rings is 1. The van der Waals surface area contributed by atoms with Gasteiger partial charge in [-0.1, -0.05) is 31.0 Å².